The summed E-state index contributed by atoms with van der Waals surface area (Å²) < 4.78 is 0. The molecule has 0 aliphatic carbocycles. The third-order valence-electron chi connectivity index (χ3n) is 2.89. The monoisotopic (exact) mass is 307 g/mol. The largest absolute Gasteiger partial charge is 0.480 e. The molecule has 21 heavy (non-hydrogen) atoms. The van der Waals surface area contributed by atoms with E-state index in [0.717, 1.165) is 0 Å². The van der Waals surface area contributed by atoms with Gasteiger partial charge in [0, 0.05) is 12.7 Å². The number of aliphatic carboxylic acids is 1. The summed E-state index contributed by atoms with van der Waals surface area (Å²) in [6, 6.07) is 7.06. The van der Waals surface area contributed by atoms with E-state index in [2.05, 4.69) is 5.32 Å². The number of amides is 2. The topological polar surface area (TPSA) is 93.4 Å². The number of rotatable bonds is 6. The molecule has 6 nitrogen and oxygen atoms in total. The Balaban J connectivity index is 2.71. The van der Waals surface area contributed by atoms with Gasteiger partial charge in [-0.15, -0.1) is 0 Å². The van der Waals surface area contributed by atoms with Gasteiger partial charge >= 0.3 is 12.0 Å². The van der Waals surface area contributed by atoms with Crippen LogP contribution in [0.5, 0.6) is 0 Å². The lowest BCUT2D eigenvalue weighted by Gasteiger charge is -2.21. The Morgan fingerprint density at radius 1 is 1.43 bits per heavy atom. The maximum absolute atomic E-state index is 12.1. The number of nitriles is 1. The summed E-state index contributed by atoms with van der Waals surface area (Å²) in [6.45, 7) is 0. The lowest BCUT2D eigenvalue weighted by atomic mass is 10.2. The van der Waals surface area contributed by atoms with Gasteiger partial charge in [0.25, 0.3) is 0 Å². The highest BCUT2D eigenvalue weighted by Crippen LogP contribution is 2.14. The molecule has 1 aromatic carbocycles. The van der Waals surface area contributed by atoms with Gasteiger partial charge in [-0.2, -0.15) is 17.0 Å². The highest BCUT2D eigenvalue weighted by atomic mass is 32.2. The number of carboxylic acids is 1. The third kappa shape index (κ3) is 5.00. The van der Waals surface area contributed by atoms with Crippen molar-refractivity contribution in [2.75, 3.05) is 24.0 Å². The van der Waals surface area contributed by atoms with Crippen molar-refractivity contribution in [3.8, 4) is 6.07 Å². The van der Waals surface area contributed by atoms with E-state index in [4.69, 9.17) is 10.4 Å². The van der Waals surface area contributed by atoms with Crippen LogP contribution >= 0.6 is 11.8 Å². The number of carbonyl (C=O) groups excluding carboxylic acids is 1. The van der Waals surface area contributed by atoms with E-state index in [0.29, 0.717) is 23.4 Å². The van der Waals surface area contributed by atoms with Crippen molar-refractivity contribution < 1.29 is 14.7 Å². The molecule has 2 amide bonds. The molecule has 0 aromatic heterocycles. The minimum Gasteiger partial charge on any atom is -0.480 e. The minimum atomic E-state index is -1.05. The lowest BCUT2D eigenvalue weighted by Crippen LogP contribution is -2.47. The summed E-state index contributed by atoms with van der Waals surface area (Å²) in [5, 5.41) is 20.3. The second-order valence-corrected chi connectivity index (χ2v) is 5.33. The first-order chi connectivity index (χ1) is 9.99. The highest BCUT2D eigenvalue weighted by molar-refractivity contribution is 7.98. The van der Waals surface area contributed by atoms with Crippen LogP contribution in [0.25, 0.3) is 0 Å². The average molecular weight is 307 g/mol. The second kappa shape index (κ2) is 8.17. The van der Waals surface area contributed by atoms with Crippen LogP contribution in [0.3, 0.4) is 0 Å². The zero-order valence-electron chi connectivity index (χ0n) is 11.9. The maximum Gasteiger partial charge on any atom is 0.326 e. The molecule has 0 aliphatic heterocycles. The average Bonchev–Trinajstić information content (AvgIpc) is 2.50. The number of carboxylic acid groups (broad SMARTS) is 1. The van der Waals surface area contributed by atoms with E-state index in [-0.39, 0.29) is 0 Å². The maximum atomic E-state index is 12.1. The number of nitrogens with zero attached hydrogens (tertiary/aromatic N) is 2. The van der Waals surface area contributed by atoms with Crippen LogP contribution in [-0.2, 0) is 4.79 Å². The molecule has 2 N–H and O–H groups in total. The van der Waals surface area contributed by atoms with Crippen LogP contribution in [0.2, 0.25) is 0 Å². The zero-order chi connectivity index (χ0) is 15.8. The Morgan fingerprint density at radius 3 is 2.52 bits per heavy atom. The molecule has 0 unspecified atom stereocenters. The number of hydrogen-bond donors (Lipinski definition) is 2. The predicted octanol–water partition coefficient (Wildman–Crippen LogP) is 1.91. The van der Waals surface area contributed by atoms with E-state index in [9.17, 15) is 9.59 Å². The highest BCUT2D eigenvalue weighted by Gasteiger charge is 2.21. The van der Waals surface area contributed by atoms with Crippen LogP contribution in [0.4, 0.5) is 10.5 Å². The summed E-state index contributed by atoms with van der Waals surface area (Å²) in [5.74, 6) is -0.400. The molecule has 0 saturated heterocycles. The molecule has 1 atom stereocenters. The molecule has 0 heterocycles. The van der Waals surface area contributed by atoms with Crippen molar-refractivity contribution in [3.05, 3.63) is 29.8 Å². The first-order valence-corrected chi connectivity index (χ1v) is 7.65. The quantitative estimate of drug-likeness (QED) is 0.837. The SMILES string of the molecule is CSCC[C@@H](NC(=O)N(C)c1ccc(C#N)cc1)C(=O)O. The Kier molecular flexibility index (Phi) is 6.56. The Morgan fingerprint density at radius 2 is 2.05 bits per heavy atom. The van der Waals surface area contributed by atoms with E-state index in [1.165, 1.54) is 16.7 Å². The Labute approximate surface area is 127 Å². The number of thioether (sulfide) groups is 1. The van der Waals surface area contributed by atoms with Gasteiger partial charge in [0.05, 0.1) is 11.6 Å². The van der Waals surface area contributed by atoms with E-state index >= 15 is 0 Å². The van der Waals surface area contributed by atoms with Crippen molar-refractivity contribution in [1.29, 1.82) is 5.26 Å². The first kappa shape index (κ1) is 16.9. The van der Waals surface area contributed by atoms with Crippen LogP contribution in [-0.4, -0.2) is 42.2 Å². The molecule has 7 heteroatoms. The van der Waals surface area contributed by atoms with Gasteiger partial charge in [0.2, 0.25) is 0 Å². The van der Waals surface area contributed by atoms with E-state index in [1.807, 2.05) is 12.3 Å². The molecular formula is C14H17N3O3S. The zero-order valence-corrected chi connectivity index (χ0v) is 12.7. The number of carbonyl (C=O) groups is 2. The second-order valence-electron chi connectivity index (χ2n) is 4.34. The summed E-state index contributed by atoms with van der Waals surface area (Å²) in [7, 11) is 1.55. The van der Waals surface area contributed by atoms with Crippen LogP contribution in [0.1, 0.15) is 12.0 Å². The van der Waals surface area contributed by atoms with Gasteiger partial charge in [-0.3, -0.25) is 4.90 Å². The lowest BCUT2D eigenvalue weighted by molar-refractivity contribution is -0.139. The fraction of sp³-hybridized carbons (Fsp3) is 0.357. The van der Waals surface area contributed by atoms with Crippen molar-refractivity contribution in [1.82, 2.24) is 5.32 Å². The predicted molar refractivity (Wildman–Crippen MR) is 82.5 cm³/mol. The molecule has 0 fully saturated rings. The van der Waals surface area contributed by atoms with Gasteiger partial charge in [0.1, 0.15) is 6.04 Å². The van der Waals surface area contributed by atoms with Gasteiger partial charge in [-0.05, 0) is 42.7 Å². The standard InChI is InChI=1S/C14H17N3O3S/c1-17(11-5-3-10(9-15)4-6-11)14(20)16-12(13(18)19)7-8-21-2/h3-6,12H,7-8H2,1-2H3,(H,16,20)(H,18,19)/t12-/m1/s1. The molecule has 0 saturated carbocycles. The van der Waals surface area contributed by atoms with Crippen molar-refractivity contribution in [2.24, 2.45) is 0 Å². The molecular weight excluding hydrogens is 290 g/mol. The molecule has 1 aromatic rings. The van der Waals surface area contributed by atoms with Crippen LogP contribution < -0.4 is 10.2 Å². The number of benzene rings is 1. The fourth-order valence-electron chi connectivity index (χ4n) is 1.62. The third-order valence-corrected chi connectivity index (χ3v) is 3.54. The Hall–Kier alpha value is -2.20. The van der Waals surface area contributed by atoms with E-state index < -0.39 is 18.0 Å². The minimum absolute atomic E-state index is 0.365. The van der Waals surface area contributed by atoms with Gasteiger partial charge in [-0.25, -0.2) is 9.59 Å². The van der Waals surface area contributed by atoms with Crippen molar-refractivity contribution in [2.45, 2.75) is 12.5 Å². The Bertz CT molecular complexity index is 539. The van der Waals surface area contributed by atoms with E-state index in [1.54, 1.807) is 31.3 Å². The van der Waals surface area contributed by atoms with Gasteiger partial charge < -0.3 is 10.4 Å². The molecule has 0 radical (unpaired) electrons. The number of nitrogens with one attached hydrogen (secondary N) is 1. The number of urea groups is 1. The normalized spacial score (nSPS) is 11.3. The summed E-state index contributed by atoms with van der Waals surface area (Å²) in [6.07, 6.45) is 2.24. The molecule has 112 valence electrons. The fourth-order valence-corrected chi connectivity index (χ4v) is 2.09. The smallest absolute Gasteiger partial charge is 0.326 e. The van der Waals surface area contributed by atoms with Crippen molar-refractivity contribution >= 4 is 29.4 Å². The van der Waals surface area contributed by atoms with Crippen LogP contribution in [0, 0.1) is 11.3 Å². The first-order valence-electron chi connectivity index (χ1n) is 6.25. The number of hydrogen-bond acceptors (Lipinski definition) is 4. The summed E-state index contributed by atoms with van der Waals surface area (Å²) in [4.78, 5) is 24.5. The molecule has 0 spiro atoms. The van der Waals surface area contributed by atoms with Crippen molar-refractivity contribution in [3.63, 3.8) is 0 Å². The molecule has 1 rings (SSSR count). The molecule has 0 aliphatic rings. The van der Waals surface area contributed by atoms with Crippen LogP contribution in [0.15, 0.2) is 24.3 Å². The summed E-state index contributed by atoms with van der Waals surface area (Å²) in [5.41, 5.74) is 1.08. The molecule has 0 bridgehead atoms. The van der Waals surface area contributed by atoms with Gasteiger partial charge in [-0.1, -0.05) is 0 Å². The number of anilines is 1. The summed E-state index contributed by atoms with van der Waals surface area (Å²) >= 11 is 1.52. The van der Waals surface area contributed by atoms with Gasteiger partial charge in [0.15, 0.2) is 0 Å².